The fourth-order valence-corrected chi connectivity index (χ4v) is 3.07. The van der Waals surface area contributed by atoms with Gasteiger partial charge in [0.25, 0.3) is 0 Å². The Morgan fingerprint density at radius 1 is 0.655 bits per heavy atom. The minimum absolute atomic E-state index is 0.0561. The van der Waals surface area contributed by atoms with Gasteiger partial charge in [0.05, 0.1) is 0 Å². The average Bonchev–Trinajstić information content (AvgIpc) is 2.62. The standard InChI is InChI=1S/C19H14OS2.F6P/c20-19(14-4-2-1-3-5-14)15-6-10-17(11-7-15)22-18-12-8-16(21)9-13-18;1-7(2,3,4,5)6/h1-13,21H;/q;-1/p+1. The molecular weight excluding hydrogens is 453 g/mol. The molecule has 1 nitrogen and oxygen atoms in total. The molecule has 0 spiro atoms. The molecule has 0 radical (unpaired) electrons. The maximum atomic E-state index is 12.3. The molecule has 10 heteroatoms. The summed E-state index contributed by atoms with van der Waals surface area (Å²) in [5, 5.41) is 0. The van der Waals surface area contributed by atoms with Gasteiger partial charge in [-0.2, -0.15) is 0 Å². The Balaban J connectivity index is 0.000000370. The van der Waals surface area contributed by atoms with Crippen molar-refractivity contribution in [3.63, 3.8) is 0 Å². The molecule has 0 saturated heterocycles. The van der Waals surface area contributed by atoms with Crippen molar-refractivity contribution in [1.82, 2.24) is 0 Å². The molecule has 3 aromatic rings. The van der Waals surface area contributed by atoms with Crippen LogP contribution in [0, 0.1) is 0 Å². The van der Waals surface area contributed by atoms with Crippen LogP contribution >= 0.6 is 19.6 Å². The quantitative estimate of drug-likeness (QED) is 0.168. The van der Waals surface area contributed by atoms with Crippen molar-refractivity contribution in [2.45, 2.75) is 14.7 Å². The molecule has 0 atom stereocenters. The van der Waals surface area contributed by atoms with Crippen LogP contribution in [0.5, 0.6) is 0 Å². The number of hydrogen-bond acceptors (Lipinski definition) is 2. The van der Waals surface area contributed by atoms with E-state index in [4.69, 9.17) is 0 Å². The summed E-state index contributed by atoms with van der Waals surface area (Å²) >= 11 is 5.16. The molecule has 0 amide bonds. The molecule has 0 aliphatic rings. The SMILES string of the molecule is F[P-](F)(F)(F)(F)F.O=C(c1ccccc1)c1ccc(Sc2ccc([SH2+])cc2)cc1. The number of benzene rings is 3. The molecule has 0 saturated carbocycles. The molecule has 3 aromatic carbocycles. The molecule has 3 rings (SSSR count). The van der Waals surface area contributed by atoms with Crippen molar-refractivity contribution in [2.75, 3.05) is 0 Å². The van der Waals surface area contributed by atoms with E-state index in [9.17, 15) is 30.0 Å². The summed E-state index contributed by atoms with van der Waals surface area (Å²) in [6.07, 6.45) is 0. The summed E-state index contributed by atoms with van der Waals surface area (Å²) in [5.41, 5.74) is 1.43. The van der Waals surface area contributed by atoms with E-state index in [0.717, 1.165) is 15.4 Å². The van der Waals surface area contributed by atoms with Gasteiger partial charge in [0.1, 0.15) is 4.90 Å². The van der Waals surface area contributed by atoms with Crippen LogP contribution in [0.2, 0.25) is 0 Å². The third kappa shape index (κ3) is 10.4. The van der Waals surface area contributed by atoms with Gasteiger partial charge in [-0.05, 0) is 61.2 Å². The van der Waals surface area contributed by atoms with Crippen molar-refractivity contribution < 1.29 is 30.0 Å². The summed E-state index contributed by atoms with van der Waals surface area (Å²) in [5.74, 6) is 0.0561. The first-order valence-corrected chi connectivity index (χ1v) is 11.3. The summed E-state index contributed by atoms with van der Waals surface area (Å²) in [6, 6.07) is 25.3. The van der Waals surface area contributed by atoms with Gasteiger partial charge in [-0.1, -0.05) is 42.1 Å². The molecule has 0 N–H and O–H groups in total. The zero-order chi connectivity index (χ0) is 21.8. The fourth-order valence-electron chi connectivity index (χ4n) is 2.09. The van der Waals surface area contributed by atoms with E-state index in [2.05, 4.69) is 24.8 Å². The maximum Gasteiger partial charge on any atom is 0.193 e. The van der Waals surface area contributed by atoms with E-state index in [-0.39, 0.29) is 5.78 Å². The number of carbonyl (C=O) groups excluding carboxylic acids is 1. The molecule has 0 heterocycles. The number of halogens is 6. The maximum absolute atomic E-state index is 12.3. The molecule has 0 unspecified atom stereocenters. The van der Waals surface area contributed by atoms with Gasteiger partial charge in [0.2, 0.25) is 0 Å². The average molecular weight is 468 g/mol. The Morgan fingerprint density at radius 2 is 1.03 bits per heavy atom. The number of carbonyl (C=O) groups is 1. The second kappa shape index (κ2) is 8.05. The molecule has 0 fully saturated rings. The van der Waals surface area contributed by atoms with Gasteiger partial charge in [-0.3, -0.25) is 4.79 Å². The summed E-state index contributed by atoms with van der Waals surface area (Å²) in [6.45, 7) is 0. The molecule has 0 aliphatic carbocycles. The van der Waals surface area contributed by atoms with E-state index in [1.807, 2.05) is 66.7 Å². The monoisotopic (exact) mass is 468 g/mol. The summed E-state index contributed by atoms with van der Waals surface area (Å²) in [7, 11) is -10.7. The minimum Gasteiger partial charge on any atom is -0.289 e. The normalized spacial score (nSPS) is 13.5. The Labute approximate surface area is 172 Å². The first-order chi connectivity index (χ1) is 13.2. The molecule has 0 aliphatic heterocycles. The third-order valence-electron chi connectivity index (χ3n) is 3.24. The fraction of sp³-hybridized carbons (Fsp3) is 0. The van der Waals surface area contributed by atoms with Gasteiger partial charge in [-0.15, -0.1) is 0 Å². The molecular formula is C19H15F6OPS2. The van der Waals surface area contributed by atoms with Crippen LogP contribution in [0.1, 0.15) is 15.9 Å². The zero-order valence-electron chi connectivity index (χ0n) is 14.5. The van der Waals surface area contributed by atoms with Crippen LogP contribution in [0.25, 0.3) is 0 Å². The molecule has 0 aromatic heterocycles. The van der Waals surface area contributed by atoms with Crippen molar-refractivity contribution in [2.24, 2.45) is 0 Å². The van der Waals surface area contributed by atoms with E-state index in [1.54, 1.807) is 11.8 Å². The Hall–Kier alpha value is -1.96. The molecule has 156 valence electrons. The number of hydrogen-bond donors (Lipinski definition) is 0. The van der Waals surface area contributed by atoms with Crippen LogP contribution in [-0.2, 0) is 12.6 Å². The molecule has 0 bridgehead atoms. The summed E-state index contributed by atoms with van der Waals surface area (Å²) in [4.78, 5) is 15.7. The van der Waals surface area contributed by atoms with E-state index >= 15 is 0 Å². The topological polar surface area (TPSA) is 17.1 Å². The van der Waals surface area contributed by atoms with E-state index < -0.39 is 7.81 Å². The second-order valence-electron chi connectivity index (χ2n) is 5.80. The van der Waals surface area contributed by atoms with Gasteiger partial charge < -0.3 is 0 Å². The largest absolute Gasteiger partial charge is 0.289 e. The van der Waals surface area contributed by atoms with Crippen molar-refractivity contribution in [1.29, 1.82) is 0 Å². The minimum atomic E-state index is -10.7. The Morgan fingerprint density at radius 3 is 1.48 bits per heavy atom. The Bertz CT molecular complexity index is 963. The smallest absolute Gasteiger partial charge is 0.193 e. The zero-order valence-corrected chi connectivity index (χ0v) is 17.2. The van der Waals surface area contributed by atoms with Crippen molar-refractivity contribution >= 4 is 38.0 Å². The van der Waals surface area contributed by atoms with Gasteiger partial charge in [-0.25, -0.2) is 0 Å². The van der Waals surface area contributed by atoms with Crippen LogP contribution in [0.3, 0.4) is 0 Å². The predicted molar refractivity (Wildman–Crippen MR) is 109 cm³/mol. The molecule has 29 heavy (non-hydrogen) atoms. The van der Waals surface area contributed by atoms with Crippen LogP contribution in [0.15, 0.2) is 93.5 Å². The third-order valence-corrected chi connectivity index (χ3v) is 4.59. The Kier molecular flexibility index (Phi) is 6.47. The predicted octanol–water partition coefficient (Wildman–Crippen LogP) is 7.82. The van der Waals surface area contributed by atoms with E-state index in [1.165, 1.54) is 4.90 Å². The van der Waals surface area contributed by atoms with E-state index in [0.29, 0.717) is 5.56 Å². The number of ketones is 1. The van der Waals surface area contributed by atoms with Crippen LogP contribution in [-0.4, -0.2) is 5.78 Å². The van der Waals surface area contributed by atoms with Gasteiger partial charge in [0, 0.05) is 20.9 Å². The number of rotatable bonds is 4. The first-order valence-electron chi connectivity index (χ1n) is 7.93. The van der Waals surface area contributed by atoms with Crippen molar-refractivity contribution in [3.05, 3.63) is 90.0 Å². The van der Waals surface area contributed by atoms with Crippen LogP contribution in [0.4, 0.5) is 25.2 Å². The first kappa shape index (κ1) is 23.3. The van der Waals surface area contributed by atoms with Gasteiger partial charge in [0.15, 0.2) is 5.78 Å². The summed E-state index contributed by atoms with van der Waals surface area (Å²) < 4.78 is 59.2. The second-order valence-corrected chi connectivity index (χ2v) is 9.45. The van der Waals surface area contributed by atoms with Crippen molar-refractivity contribution in [3.8, 4) is 0 Å². The van der Waals surface area contributed by atoms with Gasteiger partial charge >= 0.3 is 33.0 Å². The van der Waals surface area contributed by atoms with Crippen LogP contribution < -0.4 is 0 Å².